The highest BCUT2D eigenvalue weighted by Gasteiger charge is 2.20. The van der Waals surface area contributed by atoms with E-state index in [1.807, 2.05) is 60.7 Å². The van der Waals surface area contributed by atoms with Crippen LogP contribution in [0.1, 0.15) is 0 Å². The summed E-state index contributed by atoms with van der Waals surface area (Å²) in [4.78, 5) is 15.1. The highest BCUT2D eigenvalue weighted by atomic mass is 16.3. The molecule has 9 aromatic carbocycles. The Morgan fingerprint density at radius 1 is 0.333 bits per heavy atom. The van der Waals surface area contributed by atoms with E-state index < -0.39 is 0 Å². The van der Waals surface area contributed by atoms with Crippen molar-refractivity contribution in [3.8, 4) is 62.1 Å². The molecule has 280 valence electrons. The Hall–Kier alpha value is -8.15. The maximum atomic E-state index is 6.90. The van der Waals surface area contributed by atoms with Crippen LogP contribution in [0.2, 0.25) is 0 Å². The molecule has 0 fully saturated rings. The van der Waals surface area contributed by atoms with E-state index in [9.17, 15) is 0 Å². The number of hydrogen-bond acceptors (Lipinski definition) is 4. The van der Waals surface area contributed by atoms with E-state index in [-0.39, 0.29) is 0 Å². The second-order valence-electron chi connectivity index (χ2n) is 15.2. The number of para-hydroxylation sites is 2. The predicted octanol–water partition coefficient (Wildman–Crippen LogP) is 14.4. The number of nitrogens with zero attached hydrogens (tertiary/aromatic N) is 4. The quantitative estimate of drug-likeness (QED) is 0.169. The van der Waals surface area contributed by atoms with Crippen molar-refractivity contribution in [1.82, 2.24) is 19.5 Å². The zero-order chi connectivity index (χ0) is 39.6. The monoisotopic (exact) mass is 766 g/mol. The Morgan fingerprint density at radius 3 is 1.57 bits per heavy atom. The molecule has 12 aromatic rings. The molecule has 60 heavy (non-hydrogen) atoms. The van der Waals surface area contributed by atoms with Gasteiger partial charge in [-0.15, -0.1) is 0 Å². The lowest BCUT2D eigenvalue weighted by atomic mass is 9.96. The summed E-state index contributed by atoms with van der Waals surface area (Å²) in [6, 6.07) is 72.2. The maximum Gasteiger partial charge on any atom is 0.164 e. The van der Waals surface area contributed by atoms with Gasteiger partial charge < -0.3 is 8.98 Å². The molecule has 0 atom stereocenters. The smallest absolute Gasteiger partial charge is 0.164 e. The van der Waals surface area contributed by atoms with Crippen molar-refractivity contribution in [2.24, 2.45) is 0 Å². The predicted molar refractivity (Wildman–Crippen MR) is 246 cm³/mol. The molecule has 0 amide bonds. The van der Waals surface area contributed by atoms with Crippen molar-refractivity contribution in [3.05, 3.63) is 206 Å². The van der Waals surface area contributed by atoms with Crippen LogP contribution in [0, 0.1) is 0 Å². The third-order valence-electron chi connectivity index (χ3n) is 11.6. The third-order valence-corrected chi connectivity index (χ3v) is 11.6. The minimum Gasteiger partial charge on any atom is -0.455 e. The Balaban J connectivity index is 1.02. The molecule has 0 N–H and O–H groups in total. The van der Waals surface area contributed by atoms with Crippen molar-refractivity contribution in [1.29, 1.82) is 0 Å². The molecule has 0 aliphatic rings. The zero-order valence-electron chi connectivity index (χ0n) is 32.3. The van der Waals surface area contributed by atoms with Crippen LogP contribution in [0.25, 0.3) is 117 Å². The van der Waals surface area contributed by atoms with Gasteiger partial charge in [0.2, 0.25) is 0 Å². The maximum absolute atomic E-state index is 6.90. The molecule has 0 saturated carbocycles. The number of hydrogen-bond donors (Lipinski definition) is 0. The van der Waals surface area contributed by atoms with E-state index >= 15 is 0 Å². The van der Waals surface area contributed by atoms with E-state index in [1.165, 1.54) is 21.8 Å². The van der Waals surface area contributed by atoms with Crippen LogP contribution in [0.3, 0.4) is 0 Å². The SMILES string of the molecule is c1ccc(-c2nc(-c3ccccc3)nc(-c3cccc4ccc(-c5ccc6c(c5)oc5c(-c7ccccc7)cc(-n7c8ccccc8c8ccccc87)cc56)cc34)n2)cc1. The zero-order valence-corrected chi connectivity index (χ0v) is 32.3. The van der Waals surface area contributed by atoms with E-state index in [2.05, 4.69) is 150 Å². The standard InChI is InChI=1S/C55H34N4O/c1-4-15-35(16-5-1)47-33-41(59-49-25-12-10-22-42(49)43-23-11-13-26-50(43)59)34-48-44-30-29-40(32-51(44)60-52(47)48)39-28-27-36-21-14-24-45(46(36)31-39)55-57-53(37-17-6-2-7-18-37)56-54(58-55)38-19-8-3-9-20-38/h1-34H. The fourth-order valence-electron chi connectivity index (χ4n) is 8.78. The van der Waals surface area contributed by atoms with Crippen LogP contribution in [0.5, 0.6) is 0 Å². The lowest BCUT2D eigenvalue weighted by Gasteiger charge is -2.12. The summed E-state index contributed by atoms with van der Waals surface area (Å²) in [7, 11) is 0. The second-order valence-corrected chi connectivity index (χ2v) is 15.2. The van der Waals surface area contributed by atoms with Crippen molar-refractivity contribution in [2.75, 3.05) is 0 Å². The van der Waals surface area contributed by atoms with Gasteiger partial charge >= 0.3 is 0 Å². The van der Waals surface area contributed by atoms with Crippen molar-refractivity contribution in [3.63, 3.8) is 0 Å². The van der Waals surface area contributed by atoms with Crippen molar-refractivity contribution < 1.29 is 4.42 Å². The molecular weight excluding hydrogens is 733 g/mol. The molecule has 3 heterocycles. The first-order valence-corrected chi connectivity index (χ1v) is 20.2. The summed E-state index contributed by atoms with van der Waals surface area (Å²) in [5, 5.41) is 6.79. The largest absolute Gasteiger partial charge is 0.455 e. The topological polar surface area (TPSA) is 56.7 Å². The van der Waals surface area contributed by atoms with E-state index in [0.29, 0.717) is 17.5 Å². The van der Waals surface area contributed by atoms with E-state index in [1.54, 1.807) is 0 Å². The molecule has 0 spiro atoms. The van der Waals surface area contributed by atoms with Gasteiger partial charge in [-0.25, -0.2) is 15.0 Å². The fraction of sp³-hybridized carbons (Fsp3) is 0. The summed E-state index contributed by atoms with van der Waals surface area (Å²) in [6.07, 6.45) is 0. The first-order chi connectivity index (χ1) is 29.7. The number of benzene rings is 9. The highest BCUT2D eigenvalue weighted by molar-refractivity contribution is 6.13. The molecular formula is C55H34N4O. The van der Waals surface area contributed by atoms with Crippen LogP contribution in [0.4, 0.5) is 0 Å². The molecule has 3 aromatic heterocycles. The first kappa shape index (κ1) is 33.9. The summed E-state index contributed by atoms with van der Waals surface area (Å²) < 4.78 is 9.29. The van der Waals surface area contributed by atoms with Crippen LogP contribution in [-0.2, 0) is 0 Å². The Bertz CT molecular complexity index is 3480. The van der Waals surface area contributed by atoms with Gasteiger partial charge in [0.1, 0.15) is 11.2 Å². The van der Waals surface area contributed by atoms with E-state index in [0.717, 1.165) is 77.3 Å². The van der Waals surface area contributed by atoms with Crippen LogP contribution in [-0.4, -0.2) is 19.5 Å². The molecule has 0 aliphatic carbocycles. The molecule has 0 radical (unpaired) electrons. The number of furan rings is 1. The van der Waals surface area contributed by atoms with Crippen molar-refractivity contribution in [2.45, 2.75) is 0 Å². The third kappa shape index (κ3) is 5.59. The van der Waals surface area contributed by atoms with Gasteiger partial charge in [-0.05, 0) is 69.9 Å². The van der Waals surface area contributed by atoms with Gasteiger partial charge in [0.15, 0.2) is 17.5 Å². The molecule has 5 heteroatoms. The Kier molecular flexibility index (Phi) is 7.78. The van der Waals surface area contributed by atoms with Crippen LogP contribution >= 0.6 is 0 Å². The normalized spacial score (nSPS) is 11.7. The van der Waals surface area contributed by atoms with Gasteiger partial charge in [0, 0.05) is 49.5 Å². The molecule has 5 nitrogen and oxygen atoms in total. The summed E-state index contributed by atoms with van der Waals surface area (Å²) in [6.45, 7) is 0. The highest BCUT2D eigenvalue weighted by Crippen LogP contribution is 2.42. The molecule has 0 bridgehead atoms. The summed E-state index contributed by atoms with van der Waals surface area (Å²) in [5.74, 6) is 1.91. The molecule has 0 saturated heterocycles. The Labute approximate surface area is 345 Å². The average molecular weight is 767 g/mol. The number of aromatic nitrogens is 4. The van der Waals surface area contributed by atoms with Gasteiger partial charge in [0.05, 0.1) is 11.0 Å². The minimum atomic E-state index is 0.630. The summed E-state index contributed by atoms with van der Waals surface area (Å²) in [5.41, 5.74) is 12.3. The fourth-order valence-corrected chi connectivity index (χ4v) is 8.78. The van der Waals surface area contributed by atoms with E-state index in [4.69, 9.17) is 19.4 Å². The molecule has 12 rings (SSSR count). The van der Waals surface area contributed by atoms with Crippen LogP contribution in [0.15, 0.2) is 211 Å². The van der Waals surface area contributed by atoms with Gasteiger partial charge in [0.25, 0.3) is 0 Å². The van der Waals surface area contributed by atoms with Crippen LogP contribution < -0.4 is 0 Å². The summed E-state index contributed by atoms with van der Waals surface area (Å²) >= 11 is 0. The molecule has 0 aliphatic heterocycles. The molecule has 0 unspecified atom stereocenters. The van der Waals surface area contributed by atoms with Gasteiger partial charge in [-0.3, -0.25) is 0 Å². The first-order valence-electron chi connectivity index (χ1n) is 20.2. The lowest BCUT2D eigenvalue weighted by molar-refractivity contribution is 0.670. The average Bonchev–Trinajstić information content (AvgIpc) is 3.87. The Morgan fingerprint density at radius 2 is 0.900 bits per heavy atom. The minimum absolute atomic E-state index is 0.630. The number of fused-ring (bicyclic) bond motifs is 7. The van der Waals surface area contributed by atoms with Crippen molar-refractivity contribution >= 4 is 54.5 Å². The number of rotatable bonds is 6. The van der Waals surface area contributed by atoms with Gasteiger partial charge in [-0.1, -0.05) is 164 Å². The second kappa shape index (κ2) is 13.8. The van der Waals surface area contributed by atoms with Gasteiger partial charge in [-0.2, -0.15) is 0 Å². The lowest BCUT2D eigenvalue weighted by Crippen LogP contribution is -2.00.